The second-order valence-corrected chi connectivity index (χ2v) is 6.64. The third-order valence-electron chi connectivity index (χ3n) is 4.50. The summed E-state index contributed by atoms with van der Waals surface area (Å²) in [5.74, 6) is 0.0527. The number of nitrogens with zero attached hydrogens (tertiary/aromatic N) is 3. The fourth-order valence-electron chi connectivity index (χ4n) is 2.88. The standard InChI is InChI=1S/C21H25N3O6/c1-16(25)19(20(26)23-8-10-28-11-9-23)14-17-2-4-18(5-3-17)29-12-13-30-21(27)24-7-6-22-15-24/h2-7,14-15,21,27H,8-13H2,1H3/b19-14+. The number of aromatic nitrogens is 2. The highest BCUT2D eigenvalue weighted by atomic mass is 16.6. The molecule has 9 heteroatoms. The molecule has 2 aromatic rings. The number of imidazole rings is 1. The van der Waals surface area contributed by atoms with Crippen LogP contribution in [-0.4, -0.2) is 70.8 Å². The molecule has 1 aliphatic rings. The summed E-state index contributed by atoms with van der Waals surface area (Å²) < 4.78 is 17.5. The Balaban J connectivity index is 1.53. The molecule has 160 valence electrons. The largest absolute Gasteiger partial charge is 0.491 e. The number of carbonyl (C=O) groups is 2. The predicted octanol–water partition coefficient (Wildman–Crippen LogP) is 1.26. The minimum Gasteiger partial charge on any atom is -0.491 e. The van der Waals surface area contributed by atoms with Gasteiger partial charge in [-0.15, -0.1) is 0 Å². The number of amides is 1. The fraction of sp³-hybridized carbons (Fsp3) is 0.381. The maximum atomic E-state index is 12.6. The minimum atomic E-state index is -1.11. The van der Waals surface area contributed by atoms with Crippen LogP contribution in [0.2, 0.25) is 0 Å². The number of aliphatic hydroxyl groups is 1. The normalized spacial score (nSPS) is 15.7. The summed E-state index contributed by atoms with van der Waals surface area (Å²) in [5, 5.41) is 9.78. The molecular weight excluding hydrogens is 390 g/mol. The van der Waals surface area contributed by atoms with E-state index in [0.29, 0.717) is 32.1 Å². The summed E-state index contributed by atoms with van der Waals surface area (Å²) in [4.78, 5) is 30.1. The van der Waals surface area contributed by atoms with E-state index in [2.05, 4.69) is 4.98 Å². The van der Waals surface area contributed by atoms with E-state index in [4.69, 9.17) is 14.2 Å². The molecule has 1 aromatic heterocycles. The third-order valence-corrected chi connectivity index (χ3v) is 4.50. The molecule has 2 heterocycles. The van der Waals surface area contributed by atoms with Crippen LogP contribution in [0.4, 0.5) is 0 Å². The van der Waals surface area contributed by atoms with Crippen LogP contribution in [0.3, 0.4) is 0 Å². The summed E-state index contributed by atoms with van der Waals surface area (Å²) in [6.45, 7) is 3.73. The number of morpholine rings is 1. The van der Waals surface area contributed by atoms with Crippen LogP contribution in [0.15, 0.2) is 48.6 Å². The molecule has 0 aliphatic carbocycles. The lowest BCUT2D eigenvalue weighted by Crippen LogP contribution is -2.42. The van der Waals surface area contributed by atoms with Gasteiger partial charge in [0.1, 0.15) is 12.4 Å². The molecule has 1 aliphatic heterocycles. The molecule has 1 saturated heterocycles. The van der Waals surface area contributed by atoms with Gasteiger partial charge in [0.15, 0.2) is 5.78 Å². The van der Waals surface area contributed by atoms with Gasteiger partial charge in [0.25, 0.3) is 5.91 Å². The number of hydrogen-bond acceptors (Lipinski definition) is 7. The summed E-state index contributed by atoms with van der Waals surface area (Å²) in [5.41, 5.74) is 0.869. The van der Waals surface area contributed by atoms with E-state index in [0.717, 1.165) is 5.56 Å². The first kappa shape index (κ1) is 21.7. The molecule has 1 fully saturated rings. The number of ether oxygens (including phenoxy) is 3. The number of hydrogen-bond donors (Lipinski definition) is 1. The first-order chi connectivity index (χ1) is 14.5. The number of benzene rings is 1. The Bertz CT molecular complexity index is 857. The lowest BCUT2D eigenvalue weighted by atomic mass is 10.1. The van der Waals surface area contributed by atoms with Gasteiger partial charge in [0, 0.05) is 25.5 Å². The van der Waals surface area contributed by atoms with E-state index in [-0.39, 0.29) is 30.5 Å². The van der Waals surface area contributed by atoms with Crippen LogP contribution < -0.4 is 4.74 Å². The van der Waals surface area contributed by atoms with E-state index in [9.17, 15) is 14.7 Å². The average molecular weight is 415 g/mol. The number of Topliss-reactive ketones (excluding diaryl/α,β-unsaturated/α-hetero) is 1. The molecule has 1 atom stereocenters. The summed E-state index contributed by atoms with van der Waals surface area (Å²) >= 11 is 0. The van der Waals surface area contributed by atoms with Gasteiger partial charge in [-0.2, -0.15) is 0 Å². The van der Waals surface area contributed by atoms with E-state index in [1.54, 1.807) is 47.6 Å². The lowest BCUT2D eigenvalue weighted by molar-refractivity contribution is -0.157. The Kier molecular flexibility index (Phi) is 7.72. The molecule has 0 radical (unpaired) electrons. The third kappa shape index (κ3) is 5.99. The highest BCUT2D eigenvalue weighted by molar-refractivity contribution is 6.21. The van der Waals surface area contributed by atoms with Crippen molar-refractivity contribution in [2.75, 3.05) is 39.5 Å². The molecule has 0 spiro atoms. The molecule has 30 heavy (non-hydrogen) atoms. The maximum absolute atomic E-state index is 12.6. The lowest BCUT2D eigenvalue weighted by Gasteiger charge is -2.27. The van der Waals surface area contributed by atoms with E-state index >= 15 is 0 Å². The molecule has 1 unspecified atom stereocenters. The highest BCUT2D eigenvalue weighted by Crippen LogP contribution is 2.17. The van der Waals surface area contributed by atoms with Gasteiger partial charge in [0.2, 0.25) is 6.41 Å². The van der Waals surface area contributed by atoms with E-state index in [1.807, 2.05) is 0 Å². The van der Waals surface area contributed by atoms with Crippen molar-refractivity contribution in [3.63, 3.8) is 0 Å². The zero-order valence-electron chi connectivity index (χ0n) is 16.8. The molecule has 1 aromatic carbocycles. The zero-order chi connectivity index (χ0) is 21.3. The number of aliphatic hydroxyl groups excluding tert-OH is 1. The van der Waals surface area contributed by atoms with Gasteiger partial charge in [-0.25, -0.2) is 4.98 Å². The Morgan fingerprint density at radius 2 is 1.97 bits per heavy atom. The fourth-order valence-corrected chi connectivity index (χ4v) is 2.88. The van der Waals surface area contributed by atoms with Crippen LogP contribution >= 0.6 is 0 Å². The summed E-state index contributed by atoms with van der Waals surface area (Å²) in [7, 11) is 0. The Morgan fingerprint density at radius 3 is 2.60 bits per heavy atom. The molecular formula is C21H25N3O6. The summed E-state index contributed by atoms with van der Waals surface area (Å²) in [6, 6.07) is 7.03. The van der Waals surface area contributed by atoms with Crippen molar-refractivity contribution in [3.05, 3.63) is 54.1 Å². The second kappa shape index (κ2) is 10.7. The molecule has 3 rings (SSSR count). The van der Waals surface area contributed by atoms with Crippen LogP contribution in [0.25, 0.3) is 6.08 Å². The maximum Gasteiger partial charge on any atom is 0.257 e. The number of rotatable bonds is 9. The van der Waals surface area contributed by atoms with Gasteiger partial charge in [-0.05, 0) is 30.7 Å². The quantitative estimate of drug-likeness (QED) is 0.216. The van der Waals surface area contributed by atoms with Crippen molar-refractivity contribution < 1.29 is 28.9 Å². The van der Waals surface area contributed by atoms with Crippen LogP contribution in [0.5, 0.6) is 5.75 Å². The van der Waals surface area contributed by atoms with Gasteiger partial charge in [-0.3, -0.25) is 14.2 Å². The molecule has 0 bridgehead atoms. The highest BCUT2D eigenvalue weighted by Gasteiger charge is 2.23. The first-order valence-corrected chi connectivity index (χ1v) is 9.64. The SMILES string of the molecule is CC(=O)/C(=C\c1ccc(OCCOC(O)n2ccnc2)cc1)C(=O)N1CCOCC1. The average Bonchev–Trinajstić information content (AvgIpc) is 3.31. The monoisotopic (exact) mass is 415 g/mol. The number of carbonyl (C=O) groups excluding carboxylic acids is 2. The summed E-state index contributed by atoms with van der Waals surface area (Å²) in [6.07, 6.45) is 5.07. The van der Waals surface area contributed by atoms with Crippen molar-refractivity contribution in [1.82, 2.24) is 14.5 Å². The van der Waals surface area contributed by atoms with Gasteiger partial charge >= 0.3 is 0 Å². The van der Waals surface area contributed by atoms with Crippen molar-refractivity contribution in [2.45, 2.75) is 13.3 Å². The smallest absolute Gasteiger partial charge is 0.257 e. The Morgan fingerprint density at radius 1 is 1.23 bits per heavy atom. The van der Waals surface area contributed by atoms with Gasteiger partial charge in [0.05, 0.1) is 31.7 Å². The molecule has 9 nitrogen and oxygen atoms in total. The molecule has 1 N–H and O–H groups in total. The Hall–Kier alpha value is -3.01. The van der Waals surface area contributed by atoms with E-state index < -0.39 is 6.41 Å². The van der Waals surface area contributed by atoms with Crippen molar-refractivity contribution in [1.29, 1.82) is 0 Å². The van der Waals surface area contributed by atoms with Gasteiger partial charge < -0.3 is 24.2 Å². The van der Waals surface area contributed by atoms with Crippen molar-refractivity contribution in [2.24, 2.45) is 0 Å². The number of ketones is 1. The van der Waals surface area contributed by atoms with Crippen LogP contribution in [-0.2, 0) is 19.1 Å². The van der Waals surface area contributed by atoms with E-state index in [1.165, 1.54) is 17.8 Å². The topological polar surface area (TPSA) is 103 Å². The Labute approximate surface area is 174 Å². The second-order valence-electron chi connectivity index (χ2n) is 6.64. The predicted molar refractivity (Wildman–Crippen MR) is 107 cm³/mol. The zero-order valence-corrected chi connectivity index (χ0v) is 16.8. The van der Waals surface area contributed by atoms with Crippen molar-refractivity contribution >= 4 is 17.8 Å². The van der Waals surface area contributed by atoms with Crippen molar-refractivity contribution in [3.8, 4) is 5.75 Å². The van der Waals surface area contributed by atoms with Crippen LogP contribution in [0, 0.1) is 0 Å². The minimum absolute atomic E-state index is 0.146. The molecule has 1 amide bonds. The molecule has 0 saturated carbocycles. The van der Waals surface area contributed by atoms with Crippen LogP contribution in [0.1, 0.15) is 18.9 Å². The first-order valence-electron chi connectivity index (χ1n) is 9.64. The van der Waals surface area contributed by atoms with Gasteiger partial charge in [-0.1, -0.05) is 12.1 Å².